The van der Waals surface area contributed by atoms with Gasteiger partial charge in [-0.3, -0.25) is 14.9 Å². The zero-order chi connectivity index (χ0) is 22.5. The minimum absolute atomic E-state index is 0.185. The molecule has 2 aromatic rings. The first-order chi connectivity index (χ1) is 14.1. The molecule has 0 fully saturated rings. The molecule has 1 N–H and O–H groups in total. The van der Waals surface area contributed by atoms with Crippen LogP contribution in [0.1, 0.15) is 25.0 Å². The number of nitro benzene ring substituents is 1. The number of benzene rings is 2. The number of ether oxygens (including phenoxy) is 1. The van der Waals surface area contributed by atoms with Gasteiger partial charge in [0.25, 0.3) is 5.91 Å². The SMILES string of the molecule is CCN(CC)S(=O)(=O)c1ccc(OCC(=O)Nc2c(C)cccc2C)c([N+](=O)[O-])c1. The highest BCUT2D eigenvalue weighted by Gasteiger charge is 2.26. The van der Waals surface area contributed by atoms with Crippen molar-refractivity contribution in [2.24, 2.45) is 0 Å². The summed E-state index contributed by atoms with van der Waals surface area (Å²) in [5, 5.41) is 14.2. The standard InChI is InChI=1S/C20H25N3O6S/c1-5-22(6-2)30(27,28)16-10-11-18(17(12-16)23(25)26)29-13-19(24)21-20-14(3)8-7-9-15(20)4/h7-12H,5-6,13H2,1-4H3,(H,21,24). The van der Waals surface area contributed by atoms with Gasteiger partial charge in [-0.2, -0.15) is 4.31 Å². The highest BCUT2D eigenvalue weighted by Crippen LogP contribution is 2.31. The zero-order valence-corrected chi connectivity index (χ0v) is 18.2. The molecule has 0 aliphatic heterocycles. The van der Waals surface area contributed by atoms with Gasteiger partial charge in [-0.05, 0) is 37.1 Å². The van der Waals surface area contributed by atoms with Crippen LogP contribution in [0.25, 0.3) is 0 Å². The number of amides is 1. The second kappa shape index (κ2) is 9.68. The molecule has 0 unspecified atom stereocenters. The van der Waals surface area contributed by atoms with E-state index >= 15 is 0 Å². The normalized spacial score (nSPS) is 11.4. The Morgan fingerprint density at radius 2 is 1.73 bits per heavy atom. The first-order valence-electron chi connectivity index (χ1n) is 9.39. The second-order valence-corrected chi connectivity index (χ2v) is 8.52. The molecule has 162 valence electrons. The topological polar surface area (TPSA) is 119 Å². The summed E-state index contributed by atoms with van der Waals surface area (Å²) in [6, 6.07) is 8.95. The number of para-hydroxylation sites is 1. The number of aryl methyl sites for hydroxylation is 2. The Bertz CT molecular complexity index is 1030. The van der Waals surface area contributed by atoms with Crippen molar-refractivity contribution in [1.82, 2.24) is 4.31 Å². The molecule has 0 aliphatic rings. The Kier molecular flexibility index (Phi) is 7.52. The monoisotopic (exact) mass is 435 g/mol. The Balaban J connectivity index is 2.22. The number of hydrogen-bond acceptors (Lipinski definition) is 6. The number of carbonyl (C=O) groups excluding carboxylic acids is 1. The summed E-state index contributed by atoms with van der Waals surface area (Å²) in [5.74, 6) is -0.670. The number of rotatable bonds is 9. The van der Waals surface area contributed by atoms with E-state index in [1.165, 1.54) is 16.4 Å². The summed E-state index contributed by atoms with van der Waals surface area (Å²) in [7, 11) is -3.86. The van der Waals surface area contributed by atoms with Crippen LogP contribution >= 0.6 is 0 Å². The zero-order valence-electron chi connectivity index (χ0n) is 17.3. The van der Waals surface area contributed by atoms with Crippen molar-refractivity contribution in [3.8, 4) is 5.75 Å². The van der Waals surface area contributed by atoms with Crippen LogP contribution in [-0.2, 0) is 14.8 Å². The highest BCUT2D eigenvalue weighted by molar-refractivity contribution is 7.89. The van der Waals surface area contributed by atoms with Crippen molar-refractivity contribution in [2.45, 2.75) is 32.6 Å². The van der Waals surface area contributed by atoms with E-state index in [9.17, 15) is 23.3 Å². The number of anilines is 1. The fourth-order valence-electron chi connectivity index (χ4n) is 2.97. The van der Waals surface area contributed by atoms with E-state index in [2.05, 4.69) is 5.32 Å². The molecule has 0 bridgehead atoms. The molecule has 10 heteroatoms. The molecule has 0 spiro atoms. The maximum Gasteiger partial charge on any atom is 0.312 e. The first-order valence-corrected chi connectivity index (χ1v) is 10.8. The molecule has 0 radical (unpaired) electrons. The molecular formula is C20H25N3O6S. The maximum atomic E-state index is 12.6. The molecular weight excluding hydrogens is 410 g/mol. The van der Waals surface area contributed by atoms with Crippen LogP contribution in [0.15, 0.2) is 41.3 Å². The van der Waals surface area contributed by atoms with E-state index in [0.29, 0.717) is 5.69 Å². The first kappa shape index (κ1) is 23.3. The summed E-state index contributed by atoms with van der Waals surface area (Å²) in [5.41, 5.74) is 1.88. The summed E-state index contributed by atoms with van der Waals surface area (Å²) < 4.78 is 31.8. The number of sulfonamides is 1. The van der Waals surface area contributed by atoms with E-state index in [4.69, 9.17) is 4.74 Å². The second-order valence-electron chi connectivity index (χ2n) is 6.58. The van der Waals surface area contributed by atoms with E-state index in [1.807, 2.05) is 32.0 Å². The van der Waals surface area contributed by atoms with E-state index in [-0.39, 0.29) is 23.7 Å². The van der Waals surface area contributed by atoms with Gasteiger partial charge in [0.2, 0.25) is 10.0 Å². The van der Waals surface area contributed by atoms with E-state index in [1.54, 1.807) is 13.8 Å². The van der Waals surface area contributed by atoms with Gasteiger partial charge < -0.3 is 10.1 Å². The highest BCUT2D eigenvalue weighted by atomic mass is 32.2. The molecule has 0 aromatic heterocycles. The third kappa shape index (κ3) is 5.14. The Morgan fingerprint density at radius 1 is 1.13 bits per heavy atom. The lowest BCUT2D eigenvalue weighted by molar-refractivity contribution is -0.386. The fraction of sp³-hybridized carbons (Fsp3) is 0.350. The van der Waals surface area contributed by atoms with E-state index in [0.717, 1.165) is 17.2 Å². The molecule has 2 aromatic carbocycles. The number of nitro groups is 1. The predicted octanol–water partition coefficient (Wildman–Crippen LogP) is 3.26. The van der Waals surface area contributed by atoms with Gasteiger partial charge in [0.1, 0.15) is 0 Å². The van der Waals surface area contributed by atoms with Crippen LogP contribution in [0, 0.1) is 24.0 Å². The van der Waals surface area contributed by atoms with Gasteiger partial charge in [-0.15, -0.1) is 0 Å². The third-order valence-corrected chi connectivity index (χ3v) is 6.62. The minimum Gasteiger partial charge on any atom is -0.477 e. The number of hydrogen-bond donors (Lipinski definition) is 1. The lowest BCUT2D eigenvalue weighted by Crippen LogP contribution is -2.30. The molecule has 0 saturated carbocycles. The van der Waals surface area contributed by atoms with Crippen molar-refractivity contribution in [2.75, 3.05) is 25.0 Å². The van der Waals surface area contributed by atoms with Gasteiger partial charge >= 0.3 is 5.69 Å². The van der Waals surface area contributed by atoms with Crippen LogP contribution in [0.4, 0.5) is 11.4 Å². The molecule has 0 aliphatic carbocycles. The quantitative estimate of drug-likeness (QED) is 0.477. The van der Waals surface area contributed by atoms with Crippen LogP contribution in [0.2, 0.25) is 0 Å². The average Bonchev–Trinajstić information content (AvgIpc) is 2.69. The van der Waals surface area contributed by atoms with Crippen molar-refractivity contribution < 1.29 is 22.9 Å². The molecule has 0 atom stereocenters. The fourth-order valence-corrected chi connectivity index (χ4v) is 4.44. The smallest absolute Gasteiger partial charge is 0.312 e. The summed E-state index contributed by atoms with van der Waals surface area (Å²) in [6.45, 7) is 7.08. The minimum atomic E-state index is -3.86. The van der Waals surface area contributed by atoms with Crippen LogP contribution in [0.3, 0.4) is 0 Å². The summed E-state index contributed by atoms with van der Waals surface area (Å²) >= 11 is 0. The lowest BCUT2D eigenvalue weighted by Gasteiger charge is -2.18. The number of carbonyl (C=O) groups is 1. The van der Waals surface area contributed by atoms with Gasteiger partial charge in [0.05, 0.1) is 9.82 Å². The van der Waals surface area contributed by atoms with Crippen LogP contribution in [0.5, 0.6) is 5.75 Å². The van der Waals surface area contributed by atoms with Crippen LogP contribution in [-0.4, -0.2) is 43.2 Å². The number of nitrogens with zero attached hydrogens (tertiary/aromatic N) is 2. The average molecular weight is 436 g/mol. The molecule has 30 heavy (non-hydrogen) atoms. The third-order valence-electron chi connectivity index (χ3n) is 4.57. The maximum absolute atomic E-state index is 12.6. The lowest BCUT2D eigenvalue weighted by atomic mass is 10.1. The van der Waals surface area contributed by atoms with Gasteiger partial charge in [-0.25, -0.2) is 8.42 Å². The molecule has 0 heterocycles. The van der Waals surface area contributed by atoms with Crippen molar-refractivity contribution in [1.29, 1.82) is 0 Å². The van der Waals surface area contributed by atoms with Gasteiger partial charge in [0, 0.05) is 24.8 Å². The Morgan fingerprint density at radius 3 is 2.27 bits per heavy atom. The van der Waals surface area contributed by atoms with Crippen molar-refractivity contribution in [3.63, 3.8) is 0 Å². The van der Waals surface area contributed by atoms with Crippen LogP contribution < -0.4 is 10.1 Å². The molecule has 9 nitrogen and oxygen atoms in total. The van der Waals surface area contributed by atoms with Gasteiger partial charge in [-0.1, -0.05) is 32.0 Å². The van der Waals surface area contributed by atoms with Gasteiger partial charge in [0.15, 0.2) is 12.4 Å². The van der Waals surface area contributed by atoms with Crippen molar-refractivity contribution in [3.05, 3.63) is 57.6 Å². The largest absolute Gasteiger partial charge is 0.477 e. The molecule has 0 saturated heterocycles. The predicted molar refractivity (Wildman–Crippen MR) is 113 cm³/mol. The van der Waals surface area contributed by atoms with E-state index < -0.39 is 33.1 Å². The van der Waals surface area contributed by atoms with Crippen molar-refractivity contribution >= 4 is 27.3 Å². The molecule has 1 amide bonds. The number of nitrogens with one attached hydrogen (secondary N) is 1. The molecule has 2 rings (SSSR count). The Labute approximate surface area is 175 Å². The summed E-state index contributed by atoms with van der Waals surface area (Å²) in [6.07, 6.45) is 0. The summed E-state index contributed by atoms with van der Waals surface area (Å²) in [4.78, 5) is 22.8. The Hall–Kier alpha value is -2.98.